The highest BCUT2D eigenvalue weighted by atomic mass is 35.5. The number of aryl methyl sites for hydroxylation is 1. The largest absolute Gasteiger partial charge is 0.436 e. The predicted molar refractivity (Wildman–Crippen MR) is 119 cm³/mol. The first-order valence-corrected chi connectivity index (χ1v) is 10.4. The van der Waals surface area contributed by atoms with Crippen LogP contribution in [-0.2, 0) is 6.42 Å². The quantitative estimate of drug-likeness (QED) is 0.378. The van der Waals surface area contributed by atoms with Gasteiger partial charge >= 0.3 is 0 Å². The number of halogens is 1. The van der Waals surface area contributed by atoms with Gasteiger partial charge in [-0.1, -0.05) is 41.9 Å². The molecule has 5 aromatic rings. The van der Waals surface area contributed by atoms with E-state index in [0.717, 1.165) is 33.3 Å². The summed E-state index contributed by atoms with van der Waals surface area (Å²) in [4.78, 5) is 13.9. The minimum absolute atomic E-state index is 0.118. The first-order chi connectivity index (χ1) is 15.6. The topological polar surface area (TPSA) is 89.0 Å². The van der Waals surface area contributed by atoms with Crippen LogP contribution in [-0.4, -0.2) is 24.6 Å². The molecule has 6 rings (SSSR count). The lowest BCUT2D eigenvalue weighted by atomic mass is 9.83. The van der Waals surface area contributed by atoms with Crippen LogP contribution in [0.25, 0.3) is 16.6 Å². The maximum Gasteiger partial charge on any atom is 0.228 e. The van der Waals surface area contributed by atoms with Crippen LogP contribution in [0.1, 0.15) is 34.1 Å². The third-order valence-corrected chi connectivity index (χ3v) is 5.91. The van der Waals surface area contributed by atoms with Crippen LogP contribution in [0.4, 0.5) is 0 Å². The molecule has 0 spiro atoms. The number of pyridine rings is 1. The third kappa shape index (κ3) is 2.81. The molecule has 2 aromatic carbocycles. The number of ether oxygens (including phenoxy) is 1. The van der Waals surface area contributed by atoms with Crippen LogP contribution < -0.4 is 4.74 Å². The highest BCUT2D eigenvalue weighted by Gasteiger charge is 2.34. The van der Waals surface area contributed by atoms with Gasteiger partial charge in [-0.15, -0.1) is 5.10 Å². The second-order valence-corrected chi connectivity index (χ2v) is 8.13. The zero-order valence-electron chi connectivity index (χ0n) is 17.0. The summed E-state index contributed by atoms with van der Waals surface area (Å²) in [5, 5.41) is 15.1. The molecular weight excluding hydrogens is 424 g/mol. The van der Waals surface area contributed by atoms with E-state index >= 15 is 0 Å². The Bertz CT molecular complexity index is 1570. The number of nitriles is 1. The molecular formula is C24H15ClN6O. The smallest absolute Gasteiger partial charge is 0.228 e. The lowest BCUT2D eigenvalue weighted by molar-refractivity contribution is 0.436. The molecule has 7 nitrogen and oxygen atoms in total. The standard InChI is InChI=1S/C24H15ClN6O/c1-13-2-3-15-6-9-17-19(14-4-7-16(25)8-5-14)20-23-29-18(10-11-26)30-31(23)12-27-24(20)32-22(17)21(15)28-13/h2-9,12,19H,10H2,1H3. The molecule has 4 heterocycles. The van der Waals surface area contributed by atoms with E-state index in [1.807, 2.05) is 43.3 Å². The molecule has 3 aromatic heterocycles. The Balaban J connectivity index is 1.68. The summed E-state index contributed by atoms with van der Waals surface area (Å²) in [7, 11) is 0. The Morgan fingerprint density at radius 1 is 1.09 bits per heavy atom. The Labute approximate surface area is 187 Å². The van der Waals surface area contributed by atoms with Gasteiger partial charge in [-0.3, -0.25) is 0 Å². The minimum Gasteiger partial charge on any atom is -0.436 e. The van der Waals surface area contributed by atoms with E-state index in [9.17, 15) is 0 Å². The fourth-order valence-electron chi connectivity index (χ4n) is 4.25. The van der Waals surface area contributed by atoms with Gasteiger partial charge in [-0.05, 0) is 30.7 Å². The van der Waals surface area contributed by atoms with Crippen LogP contribution >= 0.6 is 11.6 Å². The second-order valence-electron chi connectivity index (χ2n) is 7.69. The van der Waals surface area contributed by atoms with Gasteiger partial charge in [0.2, 0.25) is 5.88 Å². The normalized spacial score (nSPS) is 14.6. The summed E-state index contributed by atoms with van der Waals surface area (Å²) in [6.45, 7) is 1.96. The molecule has 0 radical (unpaired) electrons. The fourth-order valence-corrected chi connectivity index (χ4v) is 4.37. The third-order valence-electron chi connectivity index (χ3n) is 5.66. The first-order valence-electron chi connectivity index (χ1n) is 10.1. The zero-order valence-corrected chi connectivity index (χ0v) is 17.7. The molecule has 0 N–H and O–H groups in total. The maximum atomic E-state index is 9.09. The van der Waals surface area contributed by atoms with Crippen molar-refractivity contribution < 1.29 is 4.74 Å². The number of rotatable bonds is 2. The van der Waals surface area contributed by atoms with Crippen molar-refractivity contribution in [1.82, 2.24) is 24.6 Å². The fraction of sp³-hybridized carbons (Fsp3) is 0.125. The average Bonchev–Trinajstić information content (AvgIpc) is 3.21. The first kappa shape index (κ1) is 18.7. The van der Waals surface area contributed by atoms with E-state index in [1.165, 1.54) is 0 Å². The lowest BCUT2D eigenvalue weighted by Gasteiger charge is -2.28. The Hall–Kier alpha value is -4.02. The molecule has 0 saturated heterocycles. The van der Waals surface area contributed by atoms with E-state index in [4.69, 9.17) is 26.6 Å². The lowest BCUT2D eigenvalue weighted by Crippen LogP contribution is -2.15. The number of fused-ring (bicyclic) bond motifs is 6. The van der Waals surface area contributed by atoms with Crippen molar-refractivity contribution in [2.75, 3.05) is 0 Å². The molecule has 0 fully saturated rings. The average molecular weight is 439 g/mol. The van der Waals surface area contributed by atoms with Gasteiger partial charge in [-0.2, -0.15) is 5.26 Å². The van der Waals surface area contributed by atoms with E-state index in [2.05, 4.69) is 33.3 Å². The Morgan fingerprint density at radius 2 is 1.91 bits per heavy atom. The number of benzene rings is 2. The summed E-state index contributed by atoms with van der Waals surface area (Å²) in [5.74, 6) is 1.37. The van der Waals surface area contributed by atoms with E-state index in [-0.39, 0.29) is 12.3 Å². The van der Waals surface area contributed by atoms with Crippen molar-refractivity contribution in [1.29, 1.82) is 5.26 Å². The minimum atomic E-state index is -0.215. The number of aromatic nitrogens is 5. The molecule has 0 amide bonds. The maximum absolute atomic E-state index is 9.09. The van der Waals surface area contributed by atoms with Gasteiger partial charge in [0.1, 0.15) is 11.8 Å². The zero-order chi connectivity index (χ0) is 21.8. The van der Waals surface area contributed by atoms with Gasteiger partial charge < -0.3 is 4.74 Å². The van der Waals surface area contributed by atoms with Gasteiger partial charge in [0.15, 0.2) is 17.2 Å². The monoisotopic (exact) mass is 438 g/mol. The SMILES string of the molecule is Cc1ccc2ccc3c(c2n1)Oc1ncn2nc(CC#N)nc2c1C3c1ccc(Cl)cc1. The molecule has 1 aliphatic heterocycles. The molecule has 1 unspecified atom stereocenters. The van der Waals surface area contributed by atoms with Crippen molar-refractivity contribution in [3.63, 3.8) is 0 Å². The molecule has 32 heavy (non-hydrogen) atoms. The van der Waals surface area contributed by atoms with Crippen molar-refractivity contribution in [2.24, 2.45) is 0 Å². The number of hydrogen-bond donors (Lipinski definition) is 0. The van der Waals surface area contributed by atoms with Crippen LogP contribution in [0.2, 0.25) is 5.02 Å². The second kappa shape index (κ2) is 7.01. The van der Waals surface area contributed by atoms with Crippen LogP contribution in [0.3, 0.4) is 0 Å². The number of nitrogens with zero attached hydrogens (tertiary/aromatic N) is 6. The summed E-state index contributed by atoms with van der Waals surface area (Å²) < 4.78 is 7.96. The van der Waals surface area contributed by atoms with E-state index < -0.39 is 0 Å². The summed E-state index contributed by atoms with van der Waals surface area (Å²) in [6.07, 6.45) is 1.68. The molecule has 154 valence electrons. The highest BCUT2D eigenvalue weighted by molar-refractivity contribution is 6.30. The molecule has 1 atom stereocenters. The van der Waals surface area contributed by atoms with Crippen molar-refractivity contribution >= 4 is 28.2 Å². The Kier molecular flexibility index (Phi) is 4.10. The van der Waals surface area contributed by atoms with Crippen molar-refractivity contribution in [2.45, 2.75) is 19.3 Å². The predicted octanol–water partition coefficient (Wildman–Crippen LogP) is 4.99. The summed E-state index contributed by atoms with van der Waals surface area (Å²) in [6, 6.07) is 18.0. The van der Waals surface area contributed by atoms with Gasteiger partial charge in [0.25, 0.3) is 0 Å². The molecule has 8 heteroatoms. The molecule has 0 saturated carbocycles. The molecule has 1 aliphatic rings. The summed E-state index contributed by atoms with van der Waals surface area (Å²) in [5.41, 5.74) is 5.09. The molecule has 0 bridgehead atoms. The van der Waals surface area contributed by atoms with Gasteiger partial charge in [0, 0.05) is 27.6 Å². The van der Waals surface area contributed by atoms with Crippen LogP contribution in [0.15, 0.2) is 54.9 Å². The molecule has 0 aliphatic carbocycles. The van der Waals surface area contributed by atoms with E-state index in [1.54, 1.807) is 10.8 Å². The number of hydrogen-bond acceptors (Lipinski definition) is 6. The van der Waals surface area contributed by atoms with Crippen LogP contribution in [0, 0.1) is 18.3 Å². The Morgan fingerprint density at radius 3 is 2.72 bits per heavy atom. The summed E-state index contributed by atoms with van der Waals surface area (Å²) >= 11 is 6.18. The van der Waals surface area contributed by atoms with Crippen molar-refractivity contribution in [3.05, 3.63) is 88.1 Å². The van der Waals surface area contributed by atoms with Gasteiger partial charge in [-0.25, -0.2) is 19.5 Å². The highest BCUT2D eigenvalue weighted by Crippen LogP contribution is 2.49. The van der Waals surface area contributed by atoms with Crippen molar-refractivity contribution in [3.8, 4) is 17.7 Å². The van der Waals surface area contributed by atoms with Crippen LogP contribution in [0.5, 0.6) is 11.6 Å². The van der Waals surface area contributed by atoms with Gasteiger partial charge in [0.05, 0.1) is 18.1 Å². The van der Waals surface area contributed by atoms with E-state index in [0.29, 0.717) is 28.1 Å².